The minimum atomic E-state index is 0.0938. The highest BCUT2D eigenvalue weighted by Gasteiger charge is 2.29. The van der Waals surface area contributed by atoms with E-state index in [9.17, 15) is 0 Å². The Bertz CT molecular complexity index is 1190. The molecule has 0 fully saturated rings. The summed E-state index contributed by atoms with van der Waals surface area (Å²) in [6.45, 7) is 4.22. The summed E-state index contributed by atoms with van der Waals surface area (Å²) in [5.74, 6) is 0.931. The van der Waals surface area contributed by atoms with Gasteiger partial charge < -0.3 is 0 Å². The van der Waals surface area contributed by atoms with Crippen molar-refractivity contribution in [2.24, 2.45) is 4.99 Å². The average molecular weight is 378 g/mol. The van der Waals surface area contributed by atoms with Crippen molar-refractivity contribution in [2.75, 3.05) is 0 Å². The van der Waals surface area contributed by atoms with Crippen molar-refractivity contribution in [3.05, 3.63) is 102 Å². The van der Waals surface area contributed by atoms with Crippen LogP contribution in [0.15, 0.2) is 84.1 Å². The monoisotopic (exact) mass is 378 g/mol. The van der Waals surface area contributed by atoms with Gasteiger partial charge in [0.05, 0.1) is 17.4 Å². The Morgan fingerprint density at radius 3 is 2.34 bits per heavy atom. The summed E-state index contributed by atoms with van der Waals surface area (Å²) in [6, 6.07) is 23.1. The number of aliphatic imine (C=N–C) groups is 1. The first-order valence-electron chi connectivity index (χ1n) is 9.90. The second kappa shape index (κ2) is 7.13. The third-order valence-corrected chi connectivity index (χ3v) is 5.59. The molecule has 0 aliphatic carbocycles. The van der Waals surface area contributed by atoms with Gasteiger partial charge in [0, 0.05) is 24.4 Å². The van der Waals surface area contributed by atoms with Gasteiger partial charge in [-0.2, -0.15) is 5.10 Å². The van der Waals surface area contributed by atoms with Crippen molar-refractivity contribution in [3.8, 4) is 11.1 Å². The van der Waals surface area contributed by atoms with Crippen LogP contribution in [-0.2, 0) is 0 Å². The maximum Gasteiger partial charge on any atom is 0.159 e. The minimum Gasteiger partial charge on any atom is -0.265 e. The van der Waals surface area contributed by atoms with Gasteiger partial charge in [0.25, 0.3) is 0 Å². The topological polar surface area (TPSA) is 43.1 Å². The fourth-order valence-corrected chi connectivity index (χ4v) is 4.16. The molecule has 2 aromatic carbocycles. The number of hydrogen-bond acceptors (Lipinski definition) is 3. The maximum absolute atomic E-state index is 5.15. The lowest BCUT2D eigenvalue weighted by Crippen LogP contribution is -2.21. The average Bonchev–Trinajstić information content (AvgIpc) is 3.10. The second-order valence-corrected chi connectivity index (χ2v) is 7.47. The van der Waals surface area contributed by atoms with Gasteiger partial charge in [-0.05, 0) is 48.2 Å². The number of rotatable bonds is 3. The zero-order valence-corrected chi connectivity index (χ0v) is 16.6. The molecule has 5 rings (SSSR count). The molecule has 142 valence electrons. The zero-order chi connectivity index (χ0) is 19.8. The highest BCUT2D eigenvalue weighted by Crippen LogP contribution is 2.41. The normalized spacial score (nSPS) is 15.7. The molecule has 0 N–H and O–H groups in total. The van der Waals surface area contributed by atoms with Gasteiger partial charge >= 0.3 is 0 Å². The van der Waals surface area contributed by atoms with Gasteiger partial charge in [0.2, 0.25) is 0 Å². The van der Waals surface area contributed by atoms with E-state index in [4.69, 9.17) is 10.1 Å². The summed E-state index contributed by atoms with van der Waals surface area (Å²) in [5.41, 5.74) is 8.00. The fraction of sp³-hybridized carbons (Fsp3) is 0.160. The number of hydrogen-bond donors (Lipinski definition) is 0. The van der Waals surface area contributed by atoms with Crippen LogP contribution in [0, 0.1) is 13.8 Å². The van der Waals surface area contributed by atoms with Gasteiger partial charge in [0.15, 0.2) is 5.82 Å². The number of aryl methyl sites for hydroxylation is 2. The minimum absolute atomic E-state index is 0.0938. The van der Waals surface area contributed by atoms with E-state index in [1.165, 1.54) is 16.7 Å². The van der Waals surface area contributed by atoms with Crippen molar-refractivity contribution in [1.29, 1.82) is 0 Å². The van der Waals surface area contributed by atoms with Crippen LogP contribution in [0.25, 0.3) is 11.1 Å². The molecule has 1 aliphatic rings. The summed E-state index contributed by atoms with van der Waals surface area (Å²) in [6.07, 6.45) is 4.50. The Labute approximate surface area is 170 Å². The molecule has 29 heavy (non-hydrogen) atoms. The van der Waals surface area contributed by atoms with E-state index >= 15 is 0 Å². The van der Waals surface area contributed by atoms with E-state index in [2.05, 4.69) is 84.2 Å². The Balaban J connectivity index is 1.75. The van der Waals surface area contributed by atoms with Crippen LogP contribution in [-0.4, -0.2) is 20.5 Å². The van der Waals surface area contributed by atoms with Crippen molar-refractivity contribution in [2.45, 2.75) is 26.3 Å². The number of aromatic nitrogens is 3. The summed E-state index contributed by atoms with van der Waals surface area (Å²) in [4.78, 5) is 9.35. The Kier molecular flexibility index (Phi) is 4.32. The molecule has 0 unspecified atom stereocenters. The molecule has 0 amide bonds. The molecule has 4 aromatic rings. The zero-order valence-electron chi connectivity index (χ0n) is 16.6. The molecule has 4 heteroatoms. The molecule has 0 bridgehead atoms. The van der Waals surface area contributed by atoms with Gasteiger partial charge in [-0.3, -0.25) is 4.98 Å². The molecular weight excluding hydrogens is 356 g/mol. The van der Waals surface area contributed by atoms with Crippen LogP contribution in [0.2, 0.25) is 0 Å². The quantitative estimate of drug-likeness (QED) is 0.460. The third-order valence-electron chi connectivity index (χ3n) is 5.59. The van der Waals surface area contributed by atoms with E-state index in [1.807, 2.05) is 18.5 Å². The summed E-state index contributed by atoms with van der Waals surface area (Å²) in [7, 11) is 0. The van der Waals surface area contributed by atoms with Gasteiger partial charge in [-0.1, -0.05) is 54.6 Å². The smallest absolute Gasteiger partial charge is 0.159 e. The lowest BCUT2D eigenvalue weighted by molar-refractivity contribution is 0.529. The van der Waals surface area contributed by atoms with Crippen LogP contribution in [0.4, 0.5) is 5.82 Å². The van der Waals surface area contributed by atoms with Gasteiger partial charge in [0.1, 0.15) is 0 Å². The highest BCUT2D eigenvalue weighted by atomic mass is 15.4. The largest absolute Gasteiger partial charge is 0.265 e. The SMILES string of the molecule is Cc1ccccc1C1=Nc2c(-c3ccccc3)c(C)nn2[C@H](c2ccncc2)C1. The molecule has 0 radical (unpaired) electrons. The molecular formula is C25H22N4. The Morgan fingerprint density at radius 1 is 0.862 bits per heavy atom. The van der Waals surface area contributed by atoms with Crippen LogP contribution in [0.5, 0.6) is 0 Å². The number of fused-ring (bicyclic) bond motifs is 1. The predicted octanol–water partition coefficient (Wildman–Crippen LogP) is 5.68. The van der Waals surface area contributed by atoms with E-state index in [1.54, 1.807) is 0 Å². The van der Waals surface area contributed by atoms with E-state index in [-0.39, 0.29) is 6.04 Å². The number of benzene rings is 2. The maximum atomic E-state index is 5.15. The fourth-order valence-electron chi connectivity index (χ4n) is 4.16. The molecule has 2 aromatic heterocycles. The first-order chi connectivity index (χ1) is 14.2. The lowest BCUT2D eigenvalue weighted by Gasteiger charge is -2.26. The molecule has 4 nitrogen and oxygen atoms in total. The standard InChI is InChI=1S/C25H22N4/c1-17-8-6-7-11-21(17)22-16-23(19-12-14-26-15-13-19)29-25(27-22)24(18(2)28-29)20-9-4-3-5-10-20/h3-15,23H,16H2,1-2H3/t23-/m0/s1. The van der Waals surface area contributed by atoms with E-state index in [0.29, 0.717) is 0 Å². The van der Waals surface area contributed by atoms with Crippen molar-refractivity contribution >= 4 is 11.5 Å². The van der Waals surface area contributed by atoms with E-state index in [0.717, 1.165) is 34.8 Å². The highest BCUT2D eigenvalue weighted by molar-refractivity contribution is 6.05. The Hall–Kier alpha value is -3.53. The van der Waals surface area contributed by atoms with Gasteiger partial charge in [-0.25, -0.2) is 9.67 Å². The first kappa shape index (κ1) is 17.6. The first-order valence-corrected chi connectivity index (χ1v) is 9.90. The molecule has 1 atom stereocenters. The number of nitrogens with zero attached hydrogens (tertiary/aromatic N) is 4. The number of pyridine rings is 1. The summed E-state index contributed by atoms with van der Waals surface area (Å²) < 4.78 is 2.09. The Morgan fingerprint density at radius 2 is 1.59 bits per heavy atom. The van der Waals surface area contributed by atoms with Crippen molar-refractivity contribution in [1.82, 2.24) is 14.8 Å². The molecule has 1 aliphatic heterocycles. The van der Waals surface area contributed by atoms with Crippen LogP contribution < -0.4 is 0 Å². The van der Waals surface area contributed by atoms with E-state index < -0.39 is 0 Å². The van der Waals surface area contributed by atoms with Crippen LogP contribution in [0.3, 0.4) is 0 Å². The molecule has 0 spiro atoms. The van der Waals surface area contributed by atoms with Crippen molar-refractivity contribution in [3.63, 3.8) is 0 Å². The van der Waals surface area contributed by atoms with Crippen LogP contribution >= 0.6 is 0 Å². The molecule has 3 heterocycles. The summed E-state index contributed by atoms with van der Waals surface area (Å²) in [5, 5.41) is 4.93. The van der Waals surface area contributed by atoms with Crippen molar-refractivity contribution < 1.29 is 0 Å². The summed E-state index contributed by atoms with van der Waals surface area (Å²) >= 11 is 0. The lowest BCUT2D eigenvalue weighted by atomic mass is 9.93. The van der Waals surface area contributed by atoms with Gasteiger partial charge in [-0.15, -0.1) is 0 Å². The third kappa shape index (κ3) is 3.07. The van der Waals surface area contributed by atoms with Crippen LogP contribution in [0.1, 0.15) is 34.8 Å². The molecule has 0 saturated carbocycles. The predicted molar refractivity (Wildman–Crippen MR) is 117 cm³/mol. The second-order valence-electron chi connectivity index (χ2n) is 7.47. The molecule has 0 saturated heterocycles.